The SMILES string of the molecule is CCOC(=O)Nc1cnn(CC(=O)NCc2cccc(Cl)c2)n1. The molecule has 0 atom stereocenters. The summed E-state index contributed by atoms with van der Waals surface area (Å²) in [5.41, 5.74) is 0.893. The van der Waals surface area contributed by atoms with Crippen LogP contribution in [0.3, 0.4) is 0 Å². The van der Waals surface area contributed by atoms with Crippen molar-refractivity contribution >= 4 is 29.4 Å². The van der Waals surface area contributed by atoms with Crippen LogP contribution in [0, 0.1) is 0 Å². The molecule has 2 amide bonds. The molecule has 0 aliphatic carbocycles. The fourth-order valence-electron chi connectivity index (χ4n) is 1.73. The van der Waals surface area contributed by atoms with Crippen molar-refractivity contribution in [3.8, 4) is 0 Å². The second kappa shape index (κ2) is 8.14. The number of anilines is 1. The first-order valence-electron chi connectivity index (χ1n) is 6.92. The minimum absolute atomic E-state index is 0.0644. The molecular formula is C14H16ClN5O3. The Balaban J connectivity index is 1.81. The third-order valence-electron chi connectivity index (χ3n) is 2.71. The van der Waals surface area contributed by atoms with Crippen LogP contribution in [-0.2, 0) is 22.6 Å². The molecule has 0 saturated heterocycles. The van der Waals surface area contributed by atoms with Crippen LogP contribution in [0.1, 0.15) is 12.5 Å². The Morgan fingerprint density at radius 2 is 2.22 bits per heavy atom. The second-order valence-corrected chi connectivity index (χ2v) is 4.95. The second-order valence-electron chi connectivity index (χ2n) is 4.51. The van der Waals surface area contributed by atoms with Gasteiger partial charge in [0, 0.05) is 11.6 Å². The van der Waals surface area contributed by atoms with Gasteiger partial charge in [-0.1, -0.05) is 23.7 Å². The molecule has 1 aromatic heterocycles. The Hall–Kier alpha value is -2.61. The maximum Gasteiger partial charge on any atom is 0.412 e. The van der Waals surface area contributed by atoms with Gasteiger partial charge < -0.3 is 10.1 Å². The number of carbonyl (C=O) groups excluding carboxylic acids is 2. The smallest absolute Gasteiger partial charge is 0.412 e. The van der Waals surface area contributed by atoms with E-state index in [4.69, 9.17) is 16.3 Å². The van der Waals surface area contributed by atoms with E-state index in [9.17, 15) is 9.59 Å². The van der Waals surface area contributed by atoms with Gasteiger partial charge in [0.2, 0.25) is 5.91 Å². The van der Waals surface area contributed by atoms with Gasteiger partial charge in [0.05, 0.1) is 12.8 Å². The predicted octanol–water partition coefficient (Wildman–Crippen LogP) is 1.82. The molecule has 1 aromatic carbocycles. The minimum Gasteiger partial charge on any atom is -0.450 e. The van der Waals surface area contributed by atoms with Crippen molar-refractivity contribution < 1.29 is 14.3 Å². The summed E-state index contributed by atoms with van der Waals surface area (Å²) in [4.78, 5) is 24.3. The lowest BCUT2D eigenvalue weighted by Gasteiger charge is -2.05. The number of nitrogens with one attached hydrogen (secondary N) is 2. The molecule has 0 radical (unpaired) electrons. The lowest BCUT2D eigenvalue weighted by atomic mass is 10.2. The lowest BCUT2D eigenvalue weighted by Crippen LogP contribution is -2.28. The zero-order valence-corrected chi connectivity index (χ0v) is 13.2. The molecule has 2 rings (SSSR count). The summed E-state index contributed by atoms with van der Waals surface area (Å²) in [6, 6.07) is 7.21. The predicted molar refractivity (Wildman–Crippen MR) is 84.0 cm³/mol. The molecule has 122 valence electrons. The van der Waals surface area contributed by atoms with Gasteiger partial charge in [-0.15, -0.1) is 5.10 Å². The van der Waals surface area contributed by atoms with Crippen LogP contribution in [0.5, 0.6) is 0 Å². The number of hydrogen-bond acceptors (Lipinski definition) is 5. The highest BCUT2D eigenvalue weighted by molar-refractivity contribution is 6.30. The summed E-state index contributed by atoms with van der Waals surface area (Å²) in [6.45, 7) is 2.24. The lowest BCUT2D eigenvalue weighted by molar-refractivity contribution is -0.122. The largest absolute Gasteiger partial charge is 0.450 e. The highest BCUT2D eigenvalue weighted by Crippen LogP contribution is 2.10. The van der Waals surface area contributed by atoms with Crippen molar-refractivity contribution in [3.05, 3.63) is 41.0 Å². The van der Waals surface area contributed by atoms with Gasteiger partial charge in [0.25, 0.3) is 0 Å². The number of ether oxygens (including phenoxy) is 1. The fraction of sp³-hybridized carbons (Fsp3) is 0.286. The van der Waals surface area contributed by atoms with Crippen LogP contribution in [-0.4, -0.2) is 33.6 Å². The van der Waals surface area contributed by atoms with Crippen LogP contribution in [0.2, 0.25) is 5.02 Å². The number of nitrogens with zero attached hydrogens (tertiary/aromatic N) is 3. The number of carbonyl (C=O) groups is 2. The molecule has 23 heavy (non-hydrogen) atoms. The highest BCUT2D eigenvalue weighted by atomic mass is 35.5. The molecule has 2 N–H and O–H groups in total. The Kier molecular flexibility index (Phi) is 5.93. The van der Waals surface area contributed by atoms with Gasteiger partial charge >= 0.3 is 6.09 Å². The van der Waals surface area contributed by atoms with E-state index in [2.05, 4.69) is 20.8 Å². The van der Waals surface area contributed by atoms with E-state index in [1.807, 2.05) is 12.1 Å². The van der Waals surface area contributed by atoms with Crippen molar-refractivity contribution in [1.82, 2.24) is 20.3 Å². The number of hydrogen-bond donors (Lipinski definition) is 2. The van der Waals surface area contributed by atoms with Gasteiger partial charge in [0.1, 0.15) is 6.54 Å². The zero-order chi connectivity index (χ0) is 16.7. The summed E-state index contributed by atoms with van der Waals surface area (Å²) >= 11 is 5.88. The topological polar surface area (TPSA) is 98.1 Å². The van der Waals surface area contributed by atoms with Crippen molar-refractivity contribution in [1.29, 1.82) is 0 Å². The molecule has 0 unspecified atom stereocenters. The average molecular weight is 338 g/mol. The minimum atomic E-state index is -0.620. The molecule has 0 aliphatic heterocycles. The third-order valence-corrected chi connectivity index (χ3v) is 2.94. The van der Waals surface area contributed by atoms with Crippen LogP contribution in [0.4, 0.5) is 10.6 Å². The Morgan fingerprint density at radius 3 is 2.96 bits per heavy atom. The number of halogens is 1. The Morgan fingerprint density at radius 1 is 1.39 bits per heavy atom. The summed E-state index contributed by atoms with van der Waals surface area (Å²) in [5, 5.41) is 13.6. The quantitative estimate of drug-likeness (QED) is 0.837. The first-order valence-corrected chi connectivity index (χ1v) is 7.29. The maximum atomic E-state index is 11.8. The van der Waals surface area contributed by atoms with E-state index in [-0.39, 0.29) is 24.9 Å². The first kappa shape index (κ1) is 16.8. The molecule has 0 fully saturated rings. The van der Waals surface area contributed by atoms with Crippen LogP contribution in [0.25, 0.3) is 0 Å². The van der Waals surface area contributed by atoms with E-state index in [1.165, 1.54) is 11.0 Å². The summed E-state index contributed by atoms with van der Waals surface area (Å²) < 4.78 is 4.72. The van der Waals surface area contributed by atoms with E-state index in [0.717, 1.165) is 5.56 Å². The van der Waals surface area contributed by atoms with Crippen molar-refractivity contribution in [3.63, 3.8) is 0 Å². The molecule has 0 saturated carbocycles. The van der Waals surface area contributed by atoms with Gasteiger partial charge in [0.15, 0.2) is 5.82 Å². The van der Waals surface area contributed by atoms with E-state index in [1.54, 1.807) is 19.1 Å². The number of rotatable bonds is 6. The van der Waals surface area contributed by atoms with Crippen molar-refractivity contribution in [2.24, 2.45) is 0 Å². The van der Waals surface area contributed by atoms with Gasteiger partial charge in [-0.05, 0) is 24.6 Å². The van der Waals surface area contributed by atoms with Crippen LogP contribution < -0.4 is 10.6 Å². The monoisotopic (exact) mass is 337 g/mol. The van der Waals surface area contributed by atoms with Crippen LogP contribution in [0.15, 0.2) is 30.5 Å². The number of aromatic nitrogens is 3. The van der Waals surface area contributed by atoms with E-state index < -0.39 is 6.09 Å². The highest BCUT2D eigenvalue weighted by Gasteiger charge is 2.09. The number of amides is 2. The Bertz CT molecular complexity index is 689. The van der Waals surface area contributed by atoms with Crippen molar-refractivity contribution in [2.75, 3.05) is 11.9 Å². The van der Waals surface area contributed by atoms with Gasteiger partial charge in [-0.2, -0.15) is 9.90 Å². The van der Waals surface area contributed by atoms with Crippen molar-refractivity contribution in [2.45, 2.75) is 20.0 Å². The standard InChI is InChI=1S/C14H16ClN5O3/c1-2-23-14(22)18-12-8-17-20(19-12)9-13(21)16-7-10-4-3-5-11(15)6-10/h3-6,8H,2,7,9H2,1H3,(H,16,21)(H,18,19,22). The summed E-state index contributed by atoms with van der Waals surface area (Å²) in [7, 11) is 0. The van der Waals surface area contributed by atoms with E-state index in [0.29, 0.717) is 11.6 Å². The molecule has 8 nitrogen and oxygen atoms in total. The molecular weight excluding hydrogens is 322 g/mol. The fourth-order valence-corrected chi connectivity index (χ4v) is 1.95. The molecule has 0 aliphatic rings. The molecule has 0 spiro atoms. The molecule has 1 heterocycles. The maximum absolute atomic E-state index is 11.8. The molecule has 9 heteroatoms. The zero-order valence-electron chi connectivity index (χ0n) is 12.5. The third kappa shape index (κ3) is 5.59. The molecule has 0 bridgehead atoms. The van der Waals surface area contributed by atoms with Gasteiger partial charge in [-0.3, -0.25) is 10.1 Å². The van der Waals surface area contributed by atoms with Crippen LogP contribution >= 0.6 is 11.6 Å². The average Bonchev–Trinajstić information content (AvgIpc) is 2.92. The Labute approximate surface area is 137 Å². The summed E-state index contributed by atoms with van der Waals surface area (Å²) in [5.74, 6) is -0.0469. The van der Waals surface area contributed by atoms with E-state index >= 15 is 0 Å². The molecule has 2 aromatic rings. The number of benzene rings is 1. The first-order chi connectivity index (χ1) is 11.1. The summed E-state index contributed by atoms with van der Waals surface area (Å²) in [6.07, 6.45) is 0.714. The normalized spacial score (nSPS) is 10.2. The van der Waals surface area contributed by atoms with Gasteiger partial charge in [-0.25, -0.2) is 4.79 Å².